The Morgan fingerprint density at radius 2 is 1.92 bits per heavy atom. The molecule has 126 valence electrons. The molecule has 2 aromatic rings. The average molecular weight is 322 g/mol. The summed E-state index contributed by atoms with van der Waals surface area (Å²) in [6.07, 6.45) is 9.96. The topological polar surface area (TPSA) is 41.1 Å². The summed E-state index contributed by atoms with van der Waals surface area (Å²) in [7, 11) is 0. The maximum atomic E-state index is 4.42. The number of benzene rings is 1. The van der Waals surface area contributed by atoms with E-state index in [9.17, 15) is 0 Å². The van der Waals surface area contributed by atoms with Gasteiger partial charge in [0.1, 0.15) is 0 Å². The van der Waals surface area contributed by atoms with E-state index in [4.69, 9.17) is 0 Å². The molecule has 4 nitrogen and oxygen atoms in total. The molecule has 2 heterocycles. The van der Waals surface area contributed by atoms with Gasteiger partial charge in [0.25, 0.3) is 0 Å². The lowest BCUT2D eigenvalue weighted by molar-refractivity contribution is 0.411. The first-order chi connectivity index (χ1) is 11.8. The van der Waals surface area contributed by atoms with Crippen LogP contribution in [0.15, 0.2) is 30.6 Å². The molecule has 1 aromatic carbocycles. The summed E-state index contributed by atoms with van der Waals surface area (Å²) in [5.74, 6) is 0. The van der Waals surface area contributed by atoms with Crippen molar-refractivity contribution in [1.29, 1.82) is 0 Å². The second-order valence-corrected chi connectivity index (χ2v) is 7.10. The van der Waals surface area contributed by atoms with E-state index in [2.05, 4.69) is 38.4 Å². The summed E-state index contributed by atoms with van der Waals surface area (Å²) >= 11 is 0. The molecule has 1 aromatic heterocycles. The van der Waals surface area contributed by atoms with Crippen LogP contribution in [0.4, 0.5) is 5.69 Å². The molecule has 0 radical (unpaired) electrons. The van der Waals surface area contributed by atoms with E-state index in [1.807, 2.05) is 19.3 Å². The first-order valence-electron chi connectivity index (χ1n) is 9.15. The highest BCUT2D eigenvalue weighted by molar-refractivity contribution is 5.52. The van der Waals surface area contributed by atoms with E-state index >= 15 is 0 Å². The Morgan fingerprint density at radius 1 is 1.08 bits per heavy atom. The van der Waals surface area contributed by atoms with Crippen molar-refractivity contribution in [3.63, 3.8) is 0 Å². The van der Waals surface area contributed by atoms with Crippen LogP contribution >= 0.6 is 0 Å². The minimum atomic E-state index is 0.582. The third kappa shape index (κ3) is 3.44. The molecule has 0 bridgehead atoms. The van der Waals surface area contributed by atoms with Crippen molar-refractivity contribution in [2.45, 2.75) is 51.6 Å². The van der Waals surface area contributed by atoms with Crippen molar-refractivity contribution in [1.82, 2.24) is 15.3 Å². The standard InChI is InChI=1S/C20H26N4/c1-15-12-22-19(13-21-15)14-23-18-7-9-24(10-8-18)20-6-5-16-3-2-4-17(16)11-20/h5-6,11-13,18,23H,2-4,7-10,14H2,1H3. The van der Waals surface area contributed by atoms with Gasteiger partial charge >= 0.3 is 0 Å². The van der Waals surface area contributed by atoms with Crippen LogP contribution < -0.4 is 10.2 Å². The zero-order chi connectivity index (χ0) is 16.4. The van der Waals surface area contributed by atoms with Gasteiger partial charge in [0.15, 0.2) is 0 Å². The highest BCUT2D eigenvalue weighted by Crippen LogP contribution is 2.28. The maximum absolute atomic E-state index is 4.42. The third-order valence-corrected chi connectivity index (χ3v) is 5.35. The molecule has 0 unspecified atom stereocenters. The second-order valence-electron chi connectivity index (χ2n) is 7.10. The molecule has 1 aliphatic heterocycles. The first kappa shape index (κ1) is 15.6. The van der Waals surface area contributed by atoms with Crippen LogP contribution in [0.3, 0.4) is 0 Å². The molecule has 2 aliphatic rings. The molecule has 1 saturated heterocycles. The van der Waals surface area contributed by atoms with Gasteiger partial charge in [0.05, 0.1) is 11.4 Å². The highest BCUT2D eigenvalue weighted by atomic mass is 15.1. The summed E-state index contributed by atoms with van der Waals surface area (Å²) in [4.78, 5) is 11.3. The Kier molecular flexibility index (Phi) is 4.48. The molecular weight excluding hydrogens is 296 g/mol. The molecule has 0 atom stereocenters. The summed E-state index contributed by atoms with van der Waals surface area (Å²) < 4.78 is 0. The van der Waals surface area contributed by atoms with Crippen LogP contribution in [0.2, 0.25) is 0 Å². The average Bonchev–Trinajstić information content (AvgIpc) is 3.09. The van der Waals surface area contributed by atoms with Crippen molar-refractivity contribution in [2.24, 2.45) is 0 Å². The quantitative estimate of drug-likeness (QED) is 0.939. The minimum Gasteiger partial charge on any atom is -0.371 e. The summed E-state index contributed by atoms with van der Waals surface area (Å²) in [6, 6.07) is 7.68. The molecule has 1 fully saturated rings. The Balaban J connectivity index is 1.29. The fraction of sp³-hybridized carbons (Fsp3) is 0.500. The number of rotatable bonds is 4. The lowest BCUT2D eigenvalue weighted by Gasteiger charge is -2.34. The SMILES string of the molecule is Cc1cnc(CNC2CCN(c3ccc4c(c3)CCC4)CC2)cn1. The number of aromatic nitrogens is 2. The van der Waals surface area contributed by atoms with Gasteiger partial charge in [-0.3, -0.25) is 9.97 Å². The summed E-state index contributed by atoms with van der Waals surface area (Å²) in [5, 5.41) is 3.64. The van der Waals surface area contributed by atoms with Gasteiger partial charge in [-0.05, 0) is 62.3 Å². The number of fused-ring (bicyclic) bond motifs is 1. The van der Waals surface area contributed by atoms with Crippen LogP contribution in [0.5, 0.6) is 0 Å². The molecule has 24 heavy (non-hydrogen) atoms. The largest absolute Gasteiger partial charge is 0.371 e. The fourth-order valence-corrected chi connectivity index (χ4v) is 3.86. The maximum Gasteiger partial charge on any atom is 0.0724 e. The van der Waals surface area contributed by atoms with Crippen LogP contribution in [-0.4, -0.2) is 29.1 Å². The van der Waals surface area contributed by atoms with E-state index < -0.39 is 0 Å². The number of anilines is 1. The molecule has 1 N–H and O–H groups in total. The monoisotopic (exact) mass is 322 g/mol. The molecule has 0 amide bonds. The Labute approximate surface area is 144 Å². The number of hydrogen-bond donors (Lipinski definition) is 1. The number of hydrogen-bond acceptors (Lipinski definition) is 4. The van der Waals surface area contributed by atoms with Gasteiger partial charge in [-0.2, -0.15) is 0 Å². The fourth-order valence-electron chi connectivity index (χ4n) is 3.86. The van der Waals surface area contributed by atoms with Gasteiger partial charge in [-0.15, -0.1) is 0 Å². The van der Waals surface area contributed by atoms with E-state index in [-0.39, 0.29) is 0 Å². The van der Waals surface area contributed by atoms with E-state index in [1.54, 1.807) is 11.1 Å². The highest BCUT2D eigenvalue weighted by Gasteiger charge is 2.20. The van der Waals surface area contributed by atoms with E-state index in [1.165, 1.54) is 37.8 Å². The van der Waals surface area contributed by atoms with Gasteiger partial charge in [0.2, 0.25) is 0 Å². The third-order valence-electron chi connectivity index (χ3n) is 5.35. The number of nitrogens with zero attached hydrogens (tertiary/aromatic N) is 3. The normalized spacial score (nSPS) is 18.0. The van der Waals surface area contributed by atoms with Gasteiger partial charge in [-0.25, -0.2) is 0 Å². The van der Waals surface area contributed by atoms with Crippen LogP contribution in [0.25, 0.3) is 0 Å². The lowest BCUT2D eigenvalue weighted by atomic mass is 10.0. The zero-order valence-electron chi connectivity index (χ0n) is 14.5. The lowest BCUT2D eigenvalue weighted by Crippen LogP contribution is -2.42. The summed E-state index contributed by atoms with van der Waals surface area (Å²) in [5.41, 5.74) is 6.56. The molecule has 4 heteroatoms. The van der Waals surface area contributed by atoms with Crippen molar-refractivity contribution < 1.29 is 0 Å². The number of piperidine rings is 1. The van der Waals surface area contributed by atoms with Crippen molar-refractivity contribution in [3.05, 3.63) is 53.1 Å². The van der Waals surface area contributed by atoms with Gasteiger partial charge in [0, 0.05) is 43.8 Å². The van der Waals surface area contributed by atoms with Gasteiger partial charge in [-0.1, -0.05) is 6.07 Å². The van der Waals surface area contributed by atoms with Gasteiger partial charge < -0.3 is 10.2 Å². The Bertz CT molecular complexity index is 687. The predicted octanol–water partition coefficient (Wildman–Crippen LogP) is 3.03. The Morgan fingerprint density at radius 3 is 2.71 bits per heavy atom. The van der Waals surface area contributed by atoms with Crippen molar-refractivity contribution in [2.75, 3.05) is 18.0 Å². The zero-order valence-corrected chi connectivity index (χ0v) is 14.5. The predicted molar refractivity (Wildman–Crippen MR) is 97.3 cm³/mol. The van der Waals surface area contributed by atoms with E-state index in [0.717, 1.165) is 31.0 Å². The smallest absolute Gasteiger partial charge is 0.0724 e. The van der Waals surface area contributed by atoms with Crippen molar-refractivity contribution >= 4 is 5.69 Å². The minimum absolute atomic E-state index is 0.582. The molecular formula is C20H26N4. The van der Waals surface area contributed by atoms with Crippen LogP contribution in [0.1, 0.15) is 41.8 Å². The molecule has 1 aliphatic carbocycles. The Hall–Kier alpha value is -1.94. The van der Waals surface area contributed by atoms with Crippen LogP contribution in [-0.2, 0) is 19.4 Å². The first-order valence-corrected chi connectivity index (χ1v) is 9.15. The number of aryl methyl sites for hydroxylation is 3. The molecule has 0 saturated carbocycles. The second kappa shape index (κ2) is 6.89. The van der Waals surface area contributed by atoms with Crippen molar-refractivity contribution in [3.8, 4) is 0 Å². The molecule has 0 spiro atoms. The van der Waals surface area contributed by atoms with Crippen LogP contribution in [0, 0.1) is 6.92 Å². The summed E-state index contributed by atoms with van der Waals surface area (Å²) in [6.45, 7) is 5.06. The molecule has 4 rings (SSSR count). The number of nitrogens with one attached hydrogen (secondary N) is 1. The van der Waals surface area contributed by atoms with E-state index in [0.29, 0.717) is 6.04 Å².